The van der Waals surface area contributed by atoms with Crippen LogP contribution in [0.15, 0.2) is 59.8 Å². The van der Waals surface area contributed by atoms with Crippen LogP contribution in [0.3, 0.4) is 0 Å². The molecule has 0 spiro atoms. The summed E-state index contributed by atoms with van der Waals surface area (Å²) in [5, 5.41) is 11.7. The summed E-state index contributed by atoms with van der Waals surface area (Å²) in [7, 11) is -1.73. The molecule has 2 aromatic carbocycles. The maximum absolute atomic E-state index is 13.7. The summed E-state index contributed by atoms with van der Waals surface area (Å²) in [6.07, 6.45) is 6.79. The molecular formula is C39H50ClN11O4S. The Hall–Kier alpha value is -4.51. The topological polar surface area (TPSA) is 152 Å². The van der Waals surface area contributed by atoms with E-state index in [9.17, 15) is 18.0 Å². The highest BCUT2D eigenvalue weighted by Gasteiger charge is 2.36. The number of anilines is 4. The number of carbonyl (C=O) groups excluding carboxylic acids is 2. The molecule has 0 atom stereocenters. The molecule has 4 aliphatic heterocycles. The van der Waals surface area contributed by atoms with Gasteiger partial charge in [-0.2, -0.15) is 9.40 Å². The van der Waals surface area contributed by atoms with Crippen LogP contribution in [0.5, 0.6) is 0 Å². The molecule has 6 heterocycles. The van der Waals surface area contributed by atoms with Crippen LogP contribution in [-0.2, 0) is 21.9 Å². The summed E-state index contributed by atoms with van der Waals surface area (Å²) in [5.74, 6) is 1.37. The fourth-order valence-corrected chi connectivity index (χ4v) is 10.4. The summed E-state index contributed by atoms with van der Waals surface area (Å²) in [5.41, 5.74) is 2.92. The van der Waals surface area contributed by atoms with Crippen LogP contribution in [0.2, 0.25) is 5.02 Å². The van der Waals surface area contributed by atoms with Crippen LogP contribution in [0.25, 0.3) is 10.9 Å². The van der Waals surface area contributed by atoms with E-state index in [0.717, 1.165) is 74.4 Å². The molecule has 0 aliphatic carbocycles. The lowest BCUT2D eigenvalue weighted by atomic mass is 9.92. The zero-order valence-electron chi connectivity index (χ0n) is 32.2. The van der Waals surface area contributed by atoms with Crippen LogP contribution in [0, 0.1) is 5.92 Å². The summed E-state index contributed by atoms with van der Waals surface area (Å²) in [4.78, 5) is 42.0. The van der Waals surface area contributed by atoms with Gasteiger partial charge in [-0.15, -0.1) is 0 Å². The molecule has 2 N–H and O–H groups in total. The van der Waals surface area contributed by atoms with Crippen molar-refractivity contribution in [1.29, 1.82) is 0 Å². The highest BCUT2D eigenvalue weighted by atomic mass is 35.5. The van der Waals surface area contributed by atoms with Crippen LogP contribution >= 0.6 is 11.6 Å². The third-order valence-electron chi connectivity index (χ3n) is 11.8. The van der Waals surface area contributed by atoms with E-state index in [4.69, 9.17) is 11.6 Å². The van der Waals surface area contributed by atoms with E-state index in [-0.39, 0.29) is 23.9 Å². The van der Waals surface area contributed by atoms with Gasteiger partial charge in [0, 0.05) is 101 Å². The van der Waals surface area contributed by atoms with Crippen molar-refractivity contribution in [3.8, 4) is 0 Å². The van der Waals surface area contributed by atoms with E-state index in [1.54, 1.807) is 27.7 Å². The molecule has 8 rings (SSSR count). The second kappa shape index (κ2) is 15.4. The van der Waals surface area contributed by atoms with Crippen LogP contribution in [-0.4, -0.2) is 120 Å². The summed E-state index contributed by atoms with van der Waals surface area (Å²) in [6.45, 7) is 11.4. The fraction of sp³-hybridized carbons (Fsp3) is 0.513. The molecule has 298 valence electrons. The monoisotopic (exact) mass is 803 g/mol. The van der Waals surface area contributed by atoms with E-state index >= 15 is 0 Å². The summed E-state index contributed by atoms with van der Waals surface area (Å²) in [6, 6.07) is 13.4. The Morgan fingerprint density at radius 1 is 0.911 bits per heavy atom. The van der Waals surface area contributed by atoms with Gasteiger partial charge in [0.25, 0.3) is 0 Å². The van der Waals surface area contributed by atoms with Crippen molar-refractivity contribution in [3.63, 3.8) is 0 Å². The fourth-order valence-electron chi connectivity index (χ4n) is 8.79. The van der Waals surface area contributed by atoms with Crippen molar-refractivity contribution in [1.82, 2.24) is 34.3 Å². The molecule has 0 radical (unpaired) electrons. The van der Waals surface area contributed by atoms with Crippen molar-refractivity contribution in [2.45, 2.75) is 62.4 Å². The number of rotatable bonds is 9. The van der Waals surface area contributed by atoms with Crippen molar-refractivity contribution in [2.24, 2.45) is 13.0 Å². The molecule has 0 bridgehead atoms. The minimum atomic E-state index is -3.62. The molecule has 4 aromatic rings. The minimum Gasteiger partial charge on any atom is -0.371 e. The van der Waals surface area contributed by atoms with E-state index in [1.165, 1.54) is 0 Å². The van der Waals surface area contributed by atoms with Crippen LogP contribution < -0.4 is 25.3 Å². The van der Waals surface area contributed by atoms with Crippen LogP contribution in [0.1, 0.15) is 46.0 Å². The van der Waals surface area contributed by atoms with Gasteiger partial charge in [0.15, 0.2) is 5.82 Å². The van der Waals surface area contributed by atoms with E-state index < -0.39 is 16.1 Å². The number of halogens is 1. The van der Waals surface area contributed by atoms with Gasteiger partial charge in [-0.25, -0.2) is 23.2 Å². The largest absolute Gasteiger partial charge is 0.371 e. The maximum Gasteiger partial charge on any atom is 0.329 e. The van der Waals surface area contributed by atoms with Crippen molar-refractivity contribution < 1.29 is 18.0 Å². The summed E-state index contributed by atoms with van der Waals surface area (Å²) < 4.78 is 30.9. The molecule has 17 heteroatoms. The number of urea groups is 1. The standard InChI is InChI=1S/C39H50ClN11O4S/c1-39(2)26-47(19-20-51(39)31-7-8-33-34(22-31)46(3)45-36(33)50-18-13-35(52)44-38(50)53)25-27-9-14-48(15-10-27)30-5-4-6-32(21-30)56(54,55)49-16-11-29(12-17-49)43-37-41-23-28(40)24-42-37/h4-8,21-24,27,29H,9-20,25-26H2,1-3H3,(H,41,42,43)(H,44,52,53). The minimum absolute atomic E-state index is 0.0925. The first-order valence-corrected chi connectivity index (χ1v) is 21.3. The number of hydrogen-bond acceptors (Lipinski definition) is 11. The number of aryl methyl sites for hydroxylation is 1. The molecule has 0 unspecified atom stereocenters. The molecule has 4 aliphatic rings. The van der Waals surface area contributed by atoms with Crippen molar-refractivity contribution in [3.05, 3.63) is 59.9 Å². The molecular weight excluding hydrogens is 754 g/mol. The molecule has 3 amide bonds. The lowest BCUT2D eigenvalue weighted by Gasteiger charge is -2.49. The zero-order valence-corrected chi connectivity index (χ0v) is 33.8. The first kappa shape index (κ1) is 38.4. The molecule has 0 saturated carbocycles. The lowest BCUT2D eigenvalue weighted by molar-refractivity contribution is -0.120. The molecule has 4 fully saturated rings. The van der Waals surface area contributed by atoms with Gasteiger partial charge in [-0.05, 0) is 81.8 Å². The third-order valence-corrected chi connectivity index (χ3v) is 13.9. The number of imide groups is 1. The normalized spacial score (nSPS) is 20.8. The Bertz CT molecular complexity index is 2200. The Balaban J connectivity index is 0.839. The van der Waals surface area contributed by atoms with Crippen molar-refractivity contribution >= 4 is 67.6 Å². The number of aromatic nitrogens is 4. The average molecular weight is 804 g/mol. The highest BCUT2D eigenvalue weighted by molar-refractivity contribution is 7.89. The Morgan fingerprint density at radius 2 is 1.66 bits per heavy atom. The number of carbonyl (C=O) groups is 2. The lowest BCUT2D eigenvalue weighted by Crippen LogP contribution is -2.60. The molecule has 56 heavy (non-hydrogen) atoms. The average Bonchev–Trinajstić information content (AvgIpc) is 3.51. The van der Waals surface area contributed by atoms with Gasteiger partial charge in [-0.1, -0.05) is 17.7 Å². The number of sulfonamides is 1. The first-order valence-electron chi connectivity index (χ1n) is 19.5. The molecule has 15 nitrogen and oxygen atoms in total. The number of nitrogens with one attached hydrogen (secondary N) is 2. The SMILES string of the molecule is Cn1nc(N2CCC(=O)NC2=O)c2ccc(N3CCN(CC4CCN(c5cccc(S(=O)(=O)N6CCC(Nc7ncc(Cl)cn7)CC6)c5)CC4)CC3(C)C)cc21. The smallest absolute Gasteiger partial charge is 0.329 e. The predicted molar refractivity (Wildman–Crippen MR) is 218 cm³/mol. The van der Waals surface area contributed by atoms with Gasteiger partial charge in [0.05, 0.1) is 27.8 Å². The van der Waals surface area contributed by atoms with Gasteiger partial charge in [0.1, 0.15) is 0 Å². The van der Waals surface area contributed by atoms with E-state index in [0.29, 0.717) is 60.1 Å². The second-order valence-corrected chi connectivity index (χ2v) is 18.5. The second-order valence-electron chi connectivity index (χ2n) is 16.1. The number of nitrogens with zero attached hydrogens (tertiary/aromatic N) is 9. The number of hydrogen-bond donors (Lipinski definition) is 2. The number of piperidine rings is 2. The number of piperazine rings is 1. The Morgan fingerprint density at radius 3 is 2.38 bits per heavy atom. The van der Waals surface area contributed by atoms with E-state index in [2.05, 4.69) is 66.4 Å². The molecule has 2 aromatic heterocycles. The van der Waals surface area contributed by atoms with Gasteiger partial charge < -0.3 is 15.1 Å². The zero-order chi connectivity index (χ0) is 39.2. The quantitative estimate of drug-likeness (QED) is 0.245. The van der Waals surface area contributed by atoms with Gasteiger partial charge >= 0.3 is 6.03 Å². The predicted octanol–water partition coefficient (Wildman–Crippen LogP) is 4.55. The third kappa shape index (κ3) is 7.88. The number of benzene rings is 2. The highest BCUT2D eigenvalue weighted by Crippen LogP contribution is 2.35. The molecule has 4 saturated heterocycles. The maximum atomic E-state index is 13.7. The van der Waals surface area contributed by atoms with E-state index in [1.807, 2.05) is 36.0 Å². The summed E-state index contributed by atoms with van der Waals surface area (Å²) >= 11 is 5.90. The van der Waals surface area contributed by atoms with Crippen LogP contribution in [0.4, 0.5) is 27.9 Å². The number of fused-ring (bicyclic) bond motifs is 1. The van der Waals surface area contributed by atoms with Gasteiger partial charge in [0.2, 0.25) is 21.9 Å². The Labute approximate surface area is 333 Å². The van der Waals surface area contributed by atoms with Gasteiger partial charge in [-0.3, -0.25) is 24.6 Å². The van der Waals surface area contributed by atoms with Crippen molar-refractivity contribution in [2.75, 3.05) is 78.9 Å². The number of amides is 3. The first-order chi connectivity index (χ1) is 26.8. The Kier molecular flexibility index (Phi) is 10.6.